The van der Waals surface area contributed by atoms with Gasteiger partial charge in [0.15, 0.2) is 11.0 Å². The number of carbonyl (C=O) groups is 1. The molecule has 5 nitrogen and oxygen atoms in total. The first-order valence-corrected chi connectivity index (χ1v) is 9.87. The van der Waals surface area contributed by atoms with E-state index in [0.29, 0.717) is 17.7 Å². The molecule has 124 valence electrons. The van der Waals surface area contributed by atoms with Crippen molar-refractivity contribution >= 4 is 29.0 Å². The van der Waals surface area contributed by atoms with Crippen molar-refractivity contribution in [3.8, 4) is 10.7 Å². The van der Waals surface area contributed by atoms with E-state index in [0.717, 1.165) is 22.3 Å². The molecule has 1 fully saturated rings. The first-order valence-electron chi connectivity index (χ1n) is 8.00. The largest absolute Gasteiger partial charge is 0.352 e. The first-order chi connectivity index (χ1) is 11.1. The summed E-state index contributed by atoms with van der Waals surface area (Å²) in [4.78, 5) is 13.3. The van der Waals surface area contributed by atoms with Crippen LogP contribution >= 0.6 is 23.1 Å². The molecule has 0 spiro atoms. The molecule has 2 aromatic rings. The number of amides is 1. The molecule has 1 aliphatic rings. The molecular formula is C16H22N4OS2. The van der Waals surface area contributed by atoms with E-state index in [-0.39, 0.29) is 5.91 Å². The number of nitrogens with one attached hydrogen (secondary N) is 1. The normalized spacial score (nSPS) is 21.3. The van der Waals surface area contributed by atoms with Gasteiger partial charge in [-0.15, -0.1) is 21.5 Å². The number of hydrogen-bond donors (Lipinski definition) is 1. The van der Waals surface area contributed by atoms with Crippen molar-refractivity contribution in [1.82, 2.24) is 20.1 Å². The highest BCUT2D eigenvalue weighted by Crippen LogP contribution is 2.26. The molecule has 2 heterocycles. The van der Waals surface area contributed by atoms with Crippen LogP contribution in [0.3, 0.4) is 0 Å². The Morgan fingerprint density at radius 1 is 1.43 bits per heavy atom. The van der Waals surface area contributed by atoms with E-state index in [1.54, 1.807) is 11.3 Å². The van der Waals surface area contributed by atoms with E-state index in [9.17, 15) is 4.79 Å². The minimum Gasteiger partial charge on any atom is -0.352 e. The quantitative estimate of drug-likeness (QED) is 0.840. The van der Waals surface area contributed by atoms with Crippen molar-refractivity contribution in [2.24, 2.45) is 13.0 Å². The fraction of sp³-hybridized carbons (Fsp3) is 0.562. The Kier molecular flexibility index (Phi) is 5.38. The van der Waals surface area contributed by atoms with E-state index in [4.69, 9.17) is 0 Å². The minimum absolute atomic E-state index is 0.0921. The highest BCUT2D eigenvalue weighted by molar-refractivity contribution is 7.99. The maximum Gasteiger partial charge on any atom is 0.230 e. The van der Waals surface area contributed by atoms with Gasteiger partial charge in [0.1, 0.15) is 0 Å². The molecule has 1 N–H and O–H groups in total. The maximum atomic E-state index is 12.2. The Bertz CT molecular complexity index is 653. The van der Waals surface area contributed by atoms with Crippen molar-refractivity contribution in [3.05, 3.63) is 17.5 Å². The standard InChI is InChI=1S/C16H22N4OS2/c1-11-6-3-4-7-12(11)17-14(21)10-23-16-19-18-15(20(16)2)13-8-5-9-22-13/h5,8-9,11-12H,3-4,6-7,10H2,1-2H3,(H,17,21). The van der Waals surface area contributed by atoms with Gasteiger partial charge in [-0.1, -0.05) is 37.6 Å². The number of nitrogens with zero attached hydrogens (tertiary/aromatic N) is 3. The molecule has 0 bridgehead atoms. The van der Waals surface area contributed by atoms with Crippen LogP contribution < -0.4 is 5.32 Å². The average molecular weight is 351 g/mol. The van der Waals surface area contributed by atoms with E-state index < -0.39 is 0 Å². The molecule has 3 rings (SSSR count). The third-order valence-corrected chi connectivity index (χ3v) is 6.25. The van der Waals surface area contributed by atoms with Crippen LogP contribution in [0.2, 0.25) is 0 Å². The molecule has 0 saturated heterocycles. The molecule has 2 aromatic heterocycles. The predicted octanol–water partition coefficient (Wildman–Crippen LogP) is 3.33. The Balaban J connectivity index is 1.55. The van der Waals surface area contributed by atoms with Crippen LogP contribution in [0, 0.1) is 5.92 Å². The summed E-state index contributed by atoms with van der Waals surface area (Å²) in [6, 6.07) is 4.36. The van der Waals surface area contributed by atoms with Crippen LogP contribution in [-0.2, 0) is 11.8 Å². The molecule has 1 amide bonds. The van der Waals surface area contributed by atoms with E-state index in [1.807, 2.05) is 29.1 Å². The zero-order valence-electron chi connectivity index (χ0n) is 13.5. The average Bonchev–Trinajstić information content (AvgIpc) is 3.17. The van der Waals surface area contributed by atoms with E-state index in [2.05, 4.69) is 22.4 Å². The lowest BCUT2D eigenvalue weighted by Crippen LogP contribution is -2.41. The summed E-state index contributed by atoms with van der Waals surface area (Å²) in [5.41, 5.74) is 0. The van der Waals surface area contributed by atoms with Crippen LogP contribution in [0.1, 0.15) is 32.6 Å². The van der Waals surface area contributed by atoms with Crippen molar-refractivity contribution < 1.29 is 4.79 Å². The predicted molar refractivity (Wildman–Crippen MR) is 94.6 cm³/mol. The smallest absolute Gasteiger partial charge is 0.230 e. The van der Waals surface area contributed by atoms with Gasteiger partial charge in [-0.3, -0.25) is 4.79 Å². The second-order valence-electron chi connectivity index (χ2n) is 6.07. The molecule has 23 heavy (non-hydrogen) atoms. The summed E-state index contributed by atoms with van der Waals surface area (Å²) in [6.07, 6.45) is 4.82. The van der Waals surface area contributed by atoms with Gasteiger partial charge in [-0.2, -0.15) is 0 Å². The second kappa shape index (κ2) is 7.49. The zero-order chi connectivity index (χ0) is 16.2. The number of thioether (sulfide) groups is 1. The molecule has 1 saturated carbocycles. The number of hydrogen-bond acceptors (Lipinski definition) is 5. The van der Waals surface area contributed by atoms with Gasteiger partial charge in [-0.25, -0.2) is 0 Å². The Morgan fingerprint density at radius 3 is 3.00 bits per heavy atom. The Labute approximate surface area is 144 Å². The van der Waals surface area contributed by atoms with E-state index >= 15 is 0 Å². The van der Waals surface area contributed by atoms with Gasteiger partial charge in [0, 0.05) is 13.1 Å². The Morgan fingerprint density at radius 2 is 2.26 bits per heavy atom. The van der Waals surface area contributed by atoms with Gasteiger partial charge in [-0.05, 0) is 30.2 Å². The second-order valence-corrected chi connectivity index (χ2v) is 7.96. The van der Waals surface area contributed by atoms with Crippen molar-refractivity contribution in [2.45, 2.75) is 43.8 Å². The number of rotatable bonds is 5. The van der Waals surface area contributed by atoms with Crippen LogP contribution in [0.25, 0.3) is 10.7 Å². The maximum absolute atomic E-state index is 12.2. The van der Waals surface area contributed by atoms with Crippen molar-refractivity contribution in [1.29, 1.82) is 0 Å². The fourth-order valence-electron chi connectivity index (χ4n) is 2.97. The fourth-order valence-corrected chi connectivity index (χ4v) is 4.44. The van der Waals surface area contributed by atoms with E-state index in [1.165, 1.54) is 31.0 Å². The summed E-state index contributed by atoms with van der Waals surface area (Å²) in [6.45, 7) is 2.23. The topological polar surface area (TPSA) is 59.8 Å². The SMILES string of the molecule is CC1CCCCC1NC(=O)CSc1nnc(-c2cccs2)n1C. The molecule has 2 unspecified atom stereocenters. The van der Waals surface area contributed by atoms with Gasteiger partial charge >= 0.3 is 0 Å². The van der Waals surface area contributed by atoms with Crippen LogP contribution in [-0.4, -0.2) is 32.5 Å². The third-order valence-electron chi connectivity index (χ3n) is 4.37. The number of aromatic nitrogens is 3. The molecule has 0 radical (unpaired) electrons. The summed E-state index contributed by atoms with van der Waals surface area (Å²) in [5.74, 6) is 1.91. The molecule has 1 aliphatic carbocycles. The van der Waals surface area contributed by atoms with Crippen LogP contribution in [0.5, 0.6) is 0 Å². The number of thiophene rings is 1. The highest BCUT2D eigenvalue weighted by atomic mass is 32.2. The summed E-state index contributed by atoms with van der Waals surface area (Å²) in [5, 5.41) is 14.4. The van der Waals surface area contributed by atoms with Gasteiger partial charge in [0.05, 0.1) is 10.6 Å². The molecular weight excluding hydrogens is 328 g/mol. The first kappa shape index (κ1) is 16.5. The molecule has 0 aromatic carbocycles. The summed E-state index contributed by atoms with van der Waals surface area (Å²) < 4.78 is 1.95. The van der Waals surface area contributed by atoms with Crippen LogP contribution in [0.15, 0.2) is 22.7 Å². The van der Waals surface area contributed by atoms with Crippen molar-refractivity contribution in [3.63, 3.8) is 0 Å². The van der Waals surface area contributed by atoms with Crippen LogP contribution in [0.4, 0.5) is 0 Å². The lowest BCUT2D eigenvalue weighted by molar-refractivity contribution is -0.119. The minimum atomic E-state index is 0.0921. The molecule has 0 aliphatic heterocycles. The van der Waals surface area contributed by atoms with Gasteiger partial charge in [0.25, 0.3) is 0 Å². The zero-order valence-corrected chi connectivity index (χ0v) is 15.1. The molecule has 2 atom stereocenters. The lowest BCUT2D eigenvalue weighted by Gasteiger charge is -2.29. The van der Waals surface area contributed by atoms with Gasteiger partial charge < -0.3 is 9.88 Å². The van der Waals surface area contributed by atoms with Gasteiger partial charge in [0.2, 0.25) is 5.91 Å². The lowest BCUT2D eigenvalue weighted by atomic mass is 9.86. The Hall–Kier alpha value is -1.34. The number of carbonyl (C=O) groups excluding carboxylic acids is 1. The van der Waals surface area contributed by atoms with Crippen molar-refractivity contribution in [2.75, 3.05) is 5.75 Å². The molecule has 7 heteroatoms. The summed E-state index contributed by atoms with van der Waals surface area (Å²) >= 11 is 3.08. The third kappa shape index (κ3) is 3.95. The summed E-state index contributed by atoms with van der Waals surface area (Å²) in [7, 11) is 1.94. The highest BCUT2D eigenvalue weighted by Gasteiger charge is 2.23. The monoisotopic (exact) mass is 350 g/mol.